The molecule has 0 spiro atoms. The minimum Gasteiger partial charge on any atom is -0.322 e. The lowest BCUT2D eigenvalue weighted by atomic mass is 10.2. The number of piperazine rings is 1. The lowest BCUT2D eigenvalue weighted by Crippen LogP contribution is -2.51. The molecule has 2 rings (SSSR count). The van der Waals surface area contributed by atoms with Crippen molar-refractivity contribution in [3.63, 3.8) is 0 Å². The fraction of sp³-hybridized carbons (Fsp3) is 0.500. The van der Waals surface area contributed by atoms with Gasteiger partial charge in [0.15, 0.2) is 0 Å². The molecule has 0 saturated carbocycles. The average molecular weight is 311 g/mol. The summed E-state index contributed by atoms with van der Waals surface area (Å²) in [5.41, 5.74) is 1.83. The molecule has 1 aromatic carbocycles. The van der Waals surface area contributed by atoms with Crippen LogP contribution >= 0.6 is 0 Å². The zero-order valence-electron chi connectivity index (χ0n) is 12.4. The molecule has 1 fully saturated rings. The van der Waals surface area contributed by atoms with Crippen molar-refractivity contribution in [2.24, 2.45) is 0 Å². The molecule has 6 nitrogen and oxygen atoms in total. The Bertz CT molecular complexity index is 608. The largest absolute Gasteiger partial charge is 0.322 e. The van der Waals surface area contributed by atoms with E-state index in [0.29, 0.717) is 26.2 Å². The summed E-state index contributed by atoms with van der Waals surface area (Å²) in [6.07, 6.45) is 0. The van der Waals surface area contributed by atoms with E-state index >= 15 is 0 Å². The van der Waals surface area contributed by atoms with Gasteiger partial charge in [-0.15, -0.1) is 0 Å². The number of rotatable bonds is 3. The molecule has 21 heavy (non-hydrogen) atoms. The van der Waals surface area contributed by atoms with Gasteiger partial charge >= 0.3 is 6.03 Å². The molecule has 116 valence electrons. The van der Waals surface area contributed by atoms with E-state index in [2.05, 4.69) is 5.32 Å². The van der Waals surface area contributed by atoms with Crippen LogP contribution in [0.1, 0.15) is 12.5 Å². The number of amides is 2. The molecular weight excluding hydrogens is 290 g/mol. The highest BCUT2D eigenvalue weighted by molar-refractivity contribution is 7.89. The smallest absolute Gasteiger partial charge is 0.321 e. The molecule has 1 aliphatic heterocycles. The van der Waals surface area contributed by atoms with Gasteiger partial charge in [0.1, 0.15) is 0 Å². The highest BCUT2D eigenvalue weighted by Crippen LogP contribution is 2.12. The topological polar surface area (TPSA) is 69.7 Å². The predicted octanol–water partition coefficient (Wildman–Crippen LogP) is 1.49. The number of urea groups is 1. The van der Waals surface area contributed by atoms with Crippen LogP contribution in [0.2, 0.25) is 0 Å². The number of carbonyl (C=O) groups excluding carboxylic acids is 1. The number of hydrogen-bond donors (Lipinski definition) is 1. The van der Waals surface area contributed by atoms with E-state index in [1.807, 2.05) is 31.2 Å². The number of hydrogen-bond acceptors (Lipinski definition) is 3. The lowest BCUT2D eigenvalue weighted by molar-refractivity contribution is 0.184. The molecule has 1 saturated heterocycles. The molecule has 2 amide bonds. The van der Waals surface area contributed by atoms with E-state index in [-0.39, 0.29) is 11.8 Å². The van der Waals surface area contributed by atoms with Crippen LogP contribution < -0.4 is 5.32 Å². The fourth-order valence-electron chi connectivity index (χ4n) is 2.28. The van der Waals surface area contributed by atoms with Crippen LogP contribution in [-0.2, 0) is 10.0 Å². The number of anilines is 1. The molecule has 1 aromatic rings. The summed E-state index contributed by atoms with van der Waals surface area (Å²) in [6, 6.07) is 7.40. The molecule has 1 N–H and O–H groups in total. The first-order chi connectivity index (χ1) is 9.92. The third-order valence-electron chi connectivity index (χ3n) is 3.55. The van der Waals surface area contributed by atoms with Crippen molar-refractivity contribution >= 4 is 21.7 Å². The summed E-state index contributed by atoms with van der Waals surface area (Å²) in [4.78, 5) is 13.8. The first-order valence-electron chi connectivity index (χ1n) is 7.03. The maximum absolute atomic E-state index is 12.2. The molecule has 0 atom stereocenters. The second-order valence-corrected chi connectivity index (χ2v) is 7.34. The van der Waals surface area contributed by atoms with Gasteiger partial charge in [0.05, 0.1) is 5.75 Å². The minimum absolute atomic E-state index is 0.0997. The van der Waals surface area contributed by atoms with Crippen molar-refractivity contribution in [3.05, 3.63) is 29.8 Å². The van der Waals surface area contributed by atoms with Crippen molar-refractivity contribution < 1.29 is 13.2 Å². The van der Waals surface area contributed by atoms with Gasteiger partial charge in [-0.2, -0.15) is 4.31 Å². The maximum atomic E-state index is 12.2. The Morgan fingerprint density at radius 3 is 2.48 bits per heavy atom. The zero-order valence-corrected chi connectivity index (χ0v) is 13.2. The summed E-state index contributed by atoms with van der Waals surface area (Å²) in [6.45, 7) is 5.14. The molecule has 0 unspecified atom stereocenters. The molecule has 7 heteroatoms. The molecule has 1 aliphatic rings. The van der Waals surface area contributed by atoms with Gasteiger partial charge in [-0.1, -0.05) is 12.1 Å². The Morgan fingerprint density at radius 2 is 1.90 bits per heavy atom. The van der Waals surface area contributed by atoms with Crippen LogP contribution in [0.5, 0.6) is 0 Å². The van der Waals surface area contributed by atoms with Gasteiger partial charge in [0.2, 0.25) is 10.0 Å². The van der Waals surface area contributed by atoms with Crippen LogP contribution in [0.15, 0.2) is 24.3 Å². The first-order valence-corrected chi connectivity index (χ1v) is 8.63. The van der Waals surface area contributed by atoms with Gasteiger partial charge in [0.25, 0.3) is 0 Å². The van der Waals surface area contributed by atoms with Gasteiger partial charge in [0, 0.05) is 31.9 Å². The van der Waals surface area contributed by atoms with E-state index in [4.69, 9.17) is 0 Å². The first kappa shape index (κ1) is 15.8. The van der Waals surface area contributed by atoms with Crippen LogP contribution in [0, 0.1) is 6.92 Å². The molecular formula is C14H21N3O3S. The lowest BCUT2D eigenvalue weighted by Gasteiger charge is -2.33. The summed E-state index contributed by atoms with van der Waals surface area (Å²) in [5, 5.41) is 2.84. The van der Waals surface area contributed by atoms with Gasteiger partial charge in [-0.3, -0.25) is 0 Å². The third kappa shape index (κ3) is 3.95. The van der Waals surface area contributed by atoms with Crippen LogP contribution in [0.3, 0.4) is 0 Å². The Kier molecular flexibility index (Phi) is 4.84. The number of sulfonamides is 1. The zero-order chi connectivity index (χ0) is 15.5. The van der Waals surface area contributed by atoms with E-state index in [1.165, 1.54) is 4.31 Å². The third-order valence-corrected chi connectivity index (χ3v) is 5.43. The standard InChI is InChI=1S/C14H21N3O3S/c1-3-21(19,20)17-9-7-16(8-10-17)14(18)15-13-6-4-5-12(2)11-13/h4-6,11H,3,7-10H2,1-2H3,(H,15,18). The van der Waals surface area contributed by atoms with E-state index in [1.54, 1.807) is 11.8 Å². The summed E-state index contributed by atoms with van der Waals surface area (Å²) >= 11 is 0. The highest BCUT2D eigenvalue weighted by atomic mass is 32.2. The Balaban J connectivity index is 1.92. The van der Waals surface area contributed by atoms with Crippen molar-refractivity contribution in [2.75, 3.05) is 37.2 Å². The van der Waals surface area contributed by atoms with Gasteiger partial charge < -0.3 is 10.2 Å². The Labute approximate surface area is 125 Å². The Morgan fingerprint density at radius 1 is 1.24 bits per heavy atom. The number of nitrogens with zero attached hydrogens (tertiary/aromatic N) is 2. The summed E-state index contributed by atoms with van der Waals surface area (Å²) in [7, 11) is -3.16. The predicted molar refractivity (Wildman–Crippen MR) is 82.8 cm³/mol. The molecule has 1 heterocycles. The maximum Gasteiger partial charge on any atom is 0.321 e. The van der Waals surface area contributed by atoms with Gasteiger partial charge in [-0.25, -0.2) is 13.2 Å². The van der Waals surface area contributed by atoms with Crippen molar-refractivity contribution in [1.82, 2.24) is 9.21 Å². The summed E-state index contributed by atoms with van der Waals surface area (Å²) in [5.74, 6) is 0.0997. The number of aryl methyl sites for hydroxylation is 1. The molecule has 0 bridgehead atoms. The van der Waals surface area contributed by atoms with E-state index in [9.17, 15) is 13.2 Å². The normalized spacial score (nSPS) is 16.8. The Hall–Kier alpha value is -1.60. The highest BCUT2D eigenvalue weighted by Gasteiger charge is 2.27. The van der Waals surface area contributed by atoms with Crippen LogP contribution in [-0.4, -0.2) is 55.6 Å². The SMILES string of the molecule is CCS(=O)(=O)N1CCN(C(=O)Nc2cccc(C)c2)CC1. The fourth-order valence-corrected chi connectivity index (χ4v) is 3.36. The summed E-state index contributed by atoms with van der Waals surface area (Å²) < 4.78 is 25.0. The monoisotopic (exact) mass is 311 g/mol. The minimum atomic E-state index is -3.16. The van der Waals surface area contributed by atoms with Crippen LogP contribution in [0.4, 0.5) is 10.5 Å². The van der Waals surface area contributed by atoms with Crippen molar-refractivity contribution in [2.45, 2.75) is 13.8 Å². The van der Waals surface area contributed by atoms with E-state index < -0.39 is 10.0 Å². The number of carbonyl (C=O) groups is 1. The van der Waals surface area contributed by atoms with E-state index in [0.717, 1.165) is 11.3 Å². The van der Waals surface area contributed by atoms with Crippen molar-refractivity contribution in [3.8, 4) is 0 Å². The van der Waals surface area contributed by atoms with Crippen molar-refractivity contribution in [1.29, 1.82) is 0 Å². The molecule has 0 radical (unpaired) electrons. The molecule has 0 aliphatic carbocycles. The van der Waals surface area contributed by atoms with Crippen LogP contribution in [0.25, 0.3) is 0 Å². The quantitative estimate of drug-likeness (QED) is 0.919. The average Bonchev–Trinajstić information content (AvgIpc) is 2.47. The second-order valence-electron chi connectivity index (χ2n) is 5.09. The molecule has 0 aromatic heterocycles. The number of benzene rings is 1. The second kappa shape index (κ2) is 6.44. The van der Waals surface area contributed by atoms with Gasteiger partial charge in [-0.05, 0) is 31.5 Å². The number of nitrogens with one attached hydrogen (secondary N) is 1.